The molecule has 1 amide bonds. The van der Waals surface area contributed by atoms with Crippen molar-refractivity contribution in [3.63, 3.8) is 0 Å². The fourth-order valence-corrected chi connectivity index (χ4v) is 4.71. The Bertz CT molecular complexity index is 1240. The van der Waals surface area contributed by atoms with Crippen molar-refractivity contribution in [2.75, 3.05) is 24.3 Å². The lowest BCUT2D eigenvalue weighted by Gasteiger charge is -2.13. The normalized spacial score (nSPS) is 10.9. The average molecular weight is 478 g/mol. The van der Waals surface area contributed by atoms with Crippen molar-refractivity contribution >= 4 is 44.1 Å². The summed E-state index contributed by atoms with van der Waals surface area (Å²) in [6.07, 6.45) is -0.197. The van der Waals surface area contributed by atoms with Crippen molar-refractivity contribution in [3.05, 3.63) is 59.1 Å². The summed E-state index contributed by atoms with van der Waals surface area (Å²) in [5.74, 6) is -1.34. The maximum atomic E-state index is 12.5. The minimum Gasteiger partial charge on any atom is -0.493 e. The van der Waals surface area contributed by atoms with E-state index in [9.17, 15) is 23.1 Å². The monoisotopic (exact) mass is 477 g/mol. The van der Waals surface area contributed by atoms with Gasteiger partial charge in [0, 0.05) is 17.5 Å². The number of hydrogen-bond acceptors (Lipinski definition) is 8. The molecule has 0 fully saturated rings. The smallest absolute Gasteiger partial charge is 0.337 e. The standard InChI is InChI=1S/C20H19N3O7S2/c1-29-16-9-14(19(25)26)15(10-17(16)30-2)22-18(24)8-12-11-31-20(21-12)23-32(27,28)13-6-4-3-5-7-13/h3-7,9-11H,8H2,1-2H3,(H,21,23)(H,22,24)(H,25,26). The number of carboxylic acids is 1. The van der Waals surface area contributed by atoms with Crippen molar-refractivity contribution in [3.8, 4) is 11.5 Å². The van der Waals surface area contributed by atoms with Gasteiger partial charge in [-0.15, -0.1) is 11.3 Å². The molecule has 0 aliphatic carbocycles. The highest BCUT2D eigenvalue weighted by Crippen LogP contribution is 2.33. The van der Waals surface area contributed by atoms with Crippen LogP contribution in [0.2, 0.25) is 0 Å². The van der Waals surface area contributed by atoms with Gasteiger partial charge >= 0.3 is 5.97 Å². The highest BCUT2D eigenvalue weighted by molar-refractivity contribution is 7.93. The molecule has 0 aliphatic rings. The zero-order chi connectivity index (χ0) is 23.3. The van der Waals surface area contributed by atoms with Crippen molar-refractivity contribution in [1.82, 2.24) is 4.98 Å². The molecule has 0 unspecified atom stereocenters. The molecule has 3 N–H and O–H groups in total. The molecule has 0 aliphatic heterocycles. The van der Waals surface area contributed by atoms with Gasteiger partial charge in [-0.2, -0.15) is 0 Å². The molecule has 0 saturated carbocycles. The molecule has 1 aromatic heterocycles. The Morgan fingerprint density at radius 2 is 1.75 bits per heavy atom. The van der Waals surface area contributed by atoms with Crippen LogP contribution < -0.4 is 19.5 Å². The van der Waals surface area contributed by atoms with Gasteiger partial charge in [0.05, 0.1) is 42.5 Å². The van der Waals surface area contributed by atoms with Crippen molar-refractivity contribution < 1.29 is 32.6 Å². The molecule has 1 heterocycles. The third-order valence-electron chi connectivity index (χ3n) is 4.20. The van der Waals surface area contributed by atoms with Gasteiger partial charge < -0.3 is 19.9 Å². The number of aromatic carboxylic acids is 1. The van der Waals surface area contributed by atoms with E-state index < -0.39 is 21.9 Å². The van der Waals surface area contributed by atoms with E-state index in [4.69, 9.17) is 9.47 Å². The fraction of sp³-hybridized carbons (Fsp3) is 0.150. The number of carboxylic acid groups (broad SMARTS) is 1. The van der Waals surface area contributed by atoms with Gasteiger partial charge in [0.2, 0.25) is 5.91 Å². The van der Waals surface area contributed by atoms with E-state index in [1.165, 1.54) is 43.9 Å². The minimum atomic E-state index is -3.80. The number of methoxy groups -OCH3 is 2. The van der Waals surface area contributed by atoms with Crippen LogP contribution in [0, 0.1) is 0 Å². The van der Waals surface area contributed by atoms with Gasteiger partial charge in [-0.25, -0.2) is 18.2 Å². The number of benzene rings is 2. The fourth-order valence-electron chi connectivity index (χ4n) is 2.73. The largest absolute Gasteiger partial charge is 0.493 e. The number of ether oxygens (including phenoxy) is 2. The van der Waals surface area contributed by atoms with Crippen LogP contribution in [-0.2, 0) is 21.2 Å². The van der Waals surface area contributed by atoms with Crippen LogP contribution in [0.5, 0.6) is 11.5 Å². The SMILES string of the molecule is COc1cc(NC(=O)Cc2csc(NS(=O)(=O)c3ccccc3)n2)c(C(=O)O)cc1OC. The predicted octanol–water partition coefficient (Wildman–Crippen LogP) is 2.84. The topological polar surface area (TPSA) is 144 Å². The minimum absolute atomic E-state index is 0.0281. The zero-order valence-electron chi connectivity index (χ0n) is 17.0. The number of aromatic nitrogens is 1. The molecule has 12 heteroatoms. The number of carbonyl (C=O) groups excluding carboxylic acids is 1. The highest BCUT2D eigenvalue weighted by atomic mass is 32.2. The van der Waals surface area contributed by atoms with Gasteiger partial charge in [0.25, 0.3) is 10.0 Å². The molecular formula is C20H19N3O7S2. The van der Waals surface area contributed by atoms with Gasteiger partial charge in [-0.3, -0.25) is 9.52 Å². The van der Waals surface area contributed by atoms with E-state index in [1.807, 2.05) is 0 Å². The van der Waals surface area contributed by atoms with E-state index in [0.29, 0.717) is 5.69 Å². The second-order valence-corrected chi connectivity index (χ2v) is 8.89. The van der Waals surface area contributed by atoms with E-state index >= 15 is 0 Å². The van der Waals surface area contributed by atoms with E-state index in [2.05, 4.69) is 15.0 Å². The summed E-state index contributed by atoms with van der Waals surface area (Å²) in [5, 5.41) is 13.6. The number of rotatable bonds is 9. The summed E-state index contributed by atoms with van der Waals surface area (Å²) in [6, 6.07) is 10.4. The average Bonchev–Trinajstić information content (AvgIpc) is 3.19. The molecular weight excluding hydrogens is 458 g/mol. The Labute approximate surface area is 187 Å². The Morgan fingerprint density at radius 1 is 1.09 bits per heavy atom. The number of carbonyl (C=O) groups is 2. The van der Waals surface area contributed by atoms with Crippen molar-refractivity contribution in [2.45, 2.75) is 11.3 Å². The molecule has 32 heavy (non-hydrogen) atoms. The van der Waals surface area contributed by atoms with Gasteiger partial charge in [-0.05, 0) is 12.1 Å². The third-order valence-corrected chi connectivity index (χ3v) is 6.49. The lowest BCUT2D eigenvalue weighted by atomic mass is 10.1. The quantitative estimate of drug-likeness (QED) is 0.427. The maximum Gasteiger partial charge on any atom is 0.337 e. The third kappa shape index (κ3) is 5.34. The van der Waals surface area contributed by atoms with E-state index in [0.717, 1.165) is 11.3 Å². The van der Waals surface area contributed by atoms with Gasteiger partial charge in [0.15, 0.2) is 16.6 Å². The summed E-state index contributed by atoms with van der Waals surface area (Å²) in [7, 11) is -1.05. The van der Waals surface area contributed by atoms with E-state index in [-0.39, 0.29) is 39.2 Å². The van der Waals surface area contributed by atoms with Crippen LogP contribution >= 0.6 is 11.3 Å². The lowest BCUT2D eigenvalue weighted by molar-refractivity contribution is -0.115. The summed E-state index contributed by atoms with van der Waals surface area (Å²) in [6.45, 7) is 0. The first-order valence-corrected chi connectivity index (χ1v) is 11.4. The molecule has 0 atom stereocenters. The van der Waals surface area contributed by atoms with E-state index in [1.54, 1.807) is 18.2 Å². The number of anilines is 2. The molecule has 3 aromatic rings. The van der Waals surface area contributed by atoms with Crippen LogP contribution in [-0.4, -0.2) is 44.6 Å². The first-order chi connectivity index (χ1) is 15.2. The second-order valence-electron chi connectivity index (χ2n) is 6.35. The van der Waals surface area contributed by atoms with Crippen LogP contribution in [0.1, 0.15) is 16.1 Å². The second kappa shape index (κ2) is 9.66. The number of hydrogen-bond donors (Lipinski definition) is 3. The zero-order valence-corrected chi connectivity index (χ0v) is 18.6. The number of nitrogens with one attached hydrogen (secondary N) is 2. The Morgan fingerprint density at radius 3 is 2.38 bits per heavy atom. The first-order valence-electron chi connectivity index (χ1n) is 9.05. The van der Waals surface area contributed by atoms with Crippen LogP contribution in [0.25, 0.3) is 0 Å². The number of nitrogens with zero attached hydrogens (tertiary/aromatic N) is 1. The van der Waals surface area contributed by atoms with Crippen LogP contribution in [0.3, 0.4) is 0 Å². The number of amides is 1. The summed E-state index contributed by atoms with van der Waals surface area (Å²) < 4.78 is 37.4. The Hall–Kier alpha value is -3.64. The Balaban J connectivity index is 1.73. The van der Waals surface area contributed by atoms with Crippen molar-refractivity contribution in [2.24, 2.45) is 0 Å². The molecule has 0 saturated heterocycles. The molecule has 2 aromatic carbocycles. The van der Waals surface area contributed by atoms with Gasteiger partial charge in [0.1, 0.15) is 0 Å². The number of thiazole rings is 1. The lowest BCUT2D eigenvalue weighted by Crippen LogP contribution is -2.17. The summed E-state index contributed by atoms with van der Waals surface area (Å²) in [4.78, 5) is 28.3. The molecule has 0 bridgehead atoms. The van der Waals surface area contributed by atoms with Gasteiger partial charge in [-0.1, -0.05) is 18.2 Å². The maximum absolute atomic E-state index is 12.5. The summed E-state index contributed by atoms with van der Waals surface area (Å²) >= 11 is 1.03. The summed E-state index contributed by atoms with van der Waals surface area (Å²) in [5.41, 5.74) is 0.168. The molecule has 10 nitrogen and oxygen atoms in total. The molecule has 0 spiro atoms. The van der Waals surface area contributed by atoms with Crippen LogP contribution in [0.15, 0.2) is 52.7 Å². The first kappa shape index (κ1) is 23.0. The Kier molecular flexibility index (Phi) is 6.95. The molecule has 0 radical (unpaired) electrons. The molecule has 168 valence electrons. The number of sulfonamides is 1. The van der Waals surface area contributed by atoms with Crippen molar-refractivity contribution in [1.29, 1.82) is 0 Å². The van der Waals surface area contributed by atoms with Crippen LogP contribution in [0.4, 0.5) is 10.8 Å². The molecule has 3 rings (SSSR count). The predicted molar refractivity (Wildman–Crippen MR) is 118 cm³/mol. The highest BCUT2D eigenvalue weighted by Gasteiger charge is 2.20.